The number of halogens is 1. The normalized spacial score (nSPS) is 19.8. The van der Waals surface area contributed by atoms with E-state index in [9.17, 15) is 4.79 Å². The molecule has 0 saturated carbocycles. The van der Waals surface area contributed by atoms with Gasteiger partial charge in [0.2, 0.25) is 5.91 Å². The Labute approximate surface area is 154 Å². The van der Waals surface area contributed by atoms with Crippen LogP contribution in [-0.4, -0.2) is 34.0 Å². The van der Waals surface area contributed by atoms with E-state index in [2.05, 4.69) is 36.3 Å². The summed E-state index contributed by atoms with van der Waals surface area (Å²) in [4.78, 5) is 14.2. The molecule has 1 heterocycles. The maximum absolute atomic E-state index is 12.0. The Kier molecular flexibility index (Phi) is 6.47. The van der Waals surface area contributed by atoms with Gasteiger partial charge in [0.05, 0.1) is 0 Å². The largest absolute Gasteiger partial charge is 0.358 e. The zero-order chi connectivity index (χ0) is 17.7. The van der Waals surface area contributed by atoms with E-state index in [-0.39, 0.29) is 11.4 Å². The molecule has 1 aliphatic rings. The third-order valence-corrected chi connectivity index (χ3v) is 4.84. The number of carbonyl (C=O) groups excluding carboxylic acids is 1. The van der Waals surface area contributed by atoms with Gasteiger partial charge in [-0.05, 0) is 63.5 Å². The molecule has 6 heteroatoms. The number of amides is 1. The number of thiocarbonyl (C=S) groups is 1. The molecule has 1 amide bonds. The Morgan fingerprint density at radius 1 is 1.42 bits per heavy atom. The van der Waals surface area contributed by atoms with Gasteiger partial charge in [-0.2, -0.15) is 0 Å². The van der Waals surface area contributed by atoms with Crippen molar-refractivity contribution in [3.05, 3.63) is 34.9 Å². The van der Waals surface area contributed by atoms with Gasteiger partial charge in [0, 0.05) is 36.1 Å². The predicted molar refractivity (Wildman–Crippen MR) is 103 cm³/mol. The van der Waals surface area contributed by atoms with Crippen LogP contribution in [0.3, 0.4) is 0 Å². The molecule has 0 spiro atoms. The summed E-state index contributed by atoms with van der Waals surface area (Å²) in [5, 5.41) is 7.81. The summed E-state index contributed by atoms with van der Waals surface area (Å²) in [5.41, 5.74) is 1.09. The average molecular weight is 368 g/mol. The standard InChI is InChI=1S/C18H26ClN3OS/c1-13-11-18(2,3)21-17(24)22(13)10-4-5-16(23)20-12-14-6-8-15(19)9-7-14/h6-9,13H,4-5,10-12H2,1-3H3,(H,20,23)(H,21,24)/t13-/m0/s1. The van der Waals surface area contributed by atoms with Crippen molar-refractivity contribution in [3.8, 4) is 0 Å². The van der Waals surface area contributed by atoms with Crippen LogP contribution in [0.1, 0.15) is 45.6 Å². The van der Waals surface area contributed by atoms with E-state index in [0.717, 1.165) is 30.1 Å². The zero-order valence-corrected chi connectivity index (χ0v) is 16.1. The molecule has 4 nitrogen and oxygen atoms in total. The molecule has 1 aromatic carbocycles. The molecule has 0 radical (unpaired) electrons. The minimum absolute atomic E-state index is 0.0446. The summed E-state index contributed by atoms with van der Waals surface area (Å²) in [6.07, 6.45) is 2.33. The van der Waals surface area contributed by atoms with Crippen LogP contribution >= 0.6 is 23.8 Å². The van der Waals surface area contributed by atoms with E-state index < -0.39 is 0 Å². The van der Waals surface area contributed by atoms with Crippen LogP contribution in [0.5, 0.6) is 0 Å². The van der Waals surface area contributed by atoms with Crippen molar-refractivity contribution in [1.82, 2.24) is 15.5 Å². The Morgan fingerprint density at radius 3 is 2.71 bits per heavy atom. The van der Waals surface area contributed by atoms with E-state index in [0.29, 0.717) is 24.0 Å². The molecule has 1 aliphatic heterocycles. The van der Waals surface area contributed by atoms with Gasteiger partial charge in [-0.25, -0.2) is 0 Å². The Morgan fingerprint density at radius 2 is 2.08 bits per heavy atom. The van der Waals surface area contributed by atoms with E-state index in [1.54, 1.807) is 0 Å². The minimum atomic E-state index is 0.0446. The monoisotopic (exact) mass is 367 g/mol. The van der Waals surface area contributed by atoms with Gasteiger partial charge >= 0.3 is 0 Å². The molecular weight excluding hydrogens is 342 g/mol. The van der Waals surface area contributed by atoms with Crippen molar-refractivity contribution in [2.75, 3.05) is 6.54 Å². The second-order valence-corrected chi connectivity index (χ2v) is 7.89. The summed E-state index contributed by atoms with van der Waals surface area (Å²) in [6.45, 7) is 7.85. The van der Waals surface area contributed by atoms with Crippen LogP contribution in [-0.2, 0) is 11.3 Å². The van der Waals surface area contributed by atoms with Crippen molar-refractivity contribution in [2.45, 2.75) is 58.2 Å². The number of hydrogen-bond donors (Lipinski definition) is 2. The second-order valence-electron chi connectivity index (χ2n) is 7.07. The van der Waals surface area contributed by atoms with E-state index in [4.69, 9.17) is 23.8 Å². The number of benzene rings is 1. The first kappa shape index (κ1) is 19.0. The fourth-order valence-electron chi connectivity index (χ4n) is 3.08. The maximum Gasteiger partial charge on any atom is 0.220 e. The van der Waals surface area contributed by atoms with Crippen molar-refractivity contribution in [2.24, 2.45) is 0 Å². The van der Waals surface area contributed by atoms with Crippen molar-refractivity contribution < 1.29 is 4.79 Å². The smallest absolute Gasteiger partial charge is 0.220 e. The van der Waals surface area contributed by atoms with Crippen LogP contribution in [0.2, 0.25) is 5.02 Å². The van der Waals surface area contributed by atoms with Crippen molar-refractivity contribution in [1.29, 1.82) is 0 Å². The first-order chi connectivity index (χ1) is 11.3. The summed E-state index contributed by atoms with van der Waals surface area (Å²) in [7, 11) is 0. The average Bonchev–Trinajstić information content (AvgIpc) is 2.48. The fraction of sp³-hybridized carbons (Fsp3) is 0.556. The molecule has 0 aliphatic carbocycles. The third kappa shape index (κ3) is 5.64. The highest BCUT2D eigenvalue weighted by Gasteiger charge is 2.32. The highest BCUT2D eigenvalue weighted by atomic mass is 35.5. The molecule has 2 N–H and O–H groups in total. The van der Waals surface area contributed by atoms with Gasteiger partial charge in [-0.3, -0.25) is 4.79 Å². The SMILES string of the molecule is C[C@H]1CC(C)(C)NC(=S)N1CCCC(=O)NCc1ccc(Cl)cc1. The van der Waals surface area contributed by atoms with Gasteiger partial charge in [0.25, 0.3) is 0 Å². The predicted octanol–water partition coefficient (Wildman–Crippen LogP) is 3.48. The van der Waals surface area contributed by atoms with Crippen LogP contribution in [0.25, 0.3) is 0 Å². The summed E-state index contributed by atoms with van der Waals surface area (Å²) < 4.78 is 0. The van der Waals surface area contributed by atoms with E-state index in [1.165, 1.54) is 0 Å². The summed E-state index contributed by atoms with van der Waals surface area (Å²) >= 11 is 11.3. The highest BCUT2D eigenvalue weighted by Crippen LogP contribution is 2.22. The molecule has 0 bridgehead atoms. The topological polar surface area (TPSA) is 44.4 Å². The number of carbonyl (C=O) groups is 1. The molecule has 24 heavy (non-hydrogen) atoms. The number of nitrogens with one attached hydrogen (secondary N) is 2. The van der Waals surface area contributed by atoms with E-state index >= 15 is 0 Å². The van der Waals surface area contributed by atoms with Crippen LogP contribution in [0.4, 0.5) is 0 Å². The Hall–Kier alpha value is -1.33. The first-order valence-corrected chi connectivity index (χ1v) is 9.15. The lowest BCUT2D eigenvalue weighted by Crippen LogP contribution is -2.60. The second kappa shape index (κ2) is 8.17. The Balaban J connectivity index is 1.70. The third-order valence-electron chi connectivity index (χ3n) is 4.25. The zero-order valence-electron chi connectivity index (χ0n) is 14.6. The summed E-state index contributed by atoms with van der Waals surface area (Å²) in [6, 6.07) is 7.89. The molecular formula is C18H26ClN3OS. The summed E-state index contributed by atoms with van der Waals surface area (Å²) in [5.74, 6) is 0.0637. The molecule has 0 aromatic heterocycles. The number of rotatable bonds is 6. The van der Waals surface area contributed by atoms with Gasteiger partial charge < -0.3 is 15.5 Å². The van der Waals surface area contributed by atoms with Crippen molar-refractivity contribution >= 4 is 34.8 Å². The number of hydrogen-bond acceptors (Lipinski definition) is 2. The molecule has 0 unspecified atom stereocenters. The van der Waals surface area contributed by atoms with Gasteiger partial charge in [-0.1, -0.05) is 23.7 Å². The highest BCUT2D eigenvalue weighted by molar-refractivity contribution is 7.80. The van der Waals surface area contributed by atoms with Crippen LogP contribution < -0.4 is 10.6 Å². The molecule has 1 atom stereocenters. The number of nitrogens with zero attached hydrogens (tertiary/aromatic N) is 1. The maximum atomic E-state index is 12.0. The first-order valence-electron chi connectivity index (χ1n) is 8.37. The van der Waals surface area contributed by atoms with Crippen LogP contribution in [0.15, 0.2) is 24.3 Å². The Bertz CT molecular complexity index is 588. The fourth-order valence-corrected chi connectivity index (χ4v) is 3.76. The van der Waals surface area contributed by atoms with E-state index in [1.807, 2.05) is 24.3 Å². The van der Waals surface area contributed by atoms with Gasteiger partial charge in [0.1, 0.15) is 0 Å². The molecule has 1 saturated heterocycles. The lowest BCUT2D eigenvalue weighted by molar-refractivity contribution is -0.121. The van der Waals surface area contributed by atoms with Gasteiger partial charge in [0.15, 0.2) is 5.11 Å². The molecule has 2 rings (SSSR count). The minimum Gasteiger partial charge on any atom is -0.358 e. The molecule has 132 valence electrons. The lowest BCUT2D eigenvalue weighted by Gasteiger charge is -2.44. The lowest BCUT2D eigenvalue weighted by atomic mass is 9.93. The quantitative estimate of drug-likeness (QED) is 0.755. The van der Waals surface area contributed by atoms with Gasteiger partial charge in [-0.15, -0.1) is 0 Å². The van der Waals surface area contributed by atoms with Crippen molar-refractivity contribution in [3.63, 3.8) is 0 Å². The molecule has 1 fully saturated rings. The van der Waals surface area contributed by atoms with Crippen LogP contribution in [0, 0.1) is 0 Å². The molecule has 1 aromatic rings.